The summed E-state index contributed by atoms with van der Waals surface area (Å²) in [7, 11) is 0. The summed E-state index contributed by atoms with van der Waals surface area (Å²) < 4.78 is 0. The van der Waals surface area contributed by atoms with E-state index in [9.17, 15) is 4.79 Å². The minimum atomic E-state index is -0.0462. The number of benzene rings is 1. The second kappa shape index (κ2) is 4.30. The summed E-state index contributed by atoms with van der Waals surface area (Å²) in [5.74, 6) is 0. The first kappa shape index (κ1) is 11.0. The standard InChI is InChI=1S/C12H15N5O/c13-3-4-17-6-11(16-12(17)18)8-1-2-9-10(5-8)15-7-14-9/h1-2,5,7,11H,3-4,6,13H2,(H,14,15)(H,16,18). The van der Waals surface area contributed by atoms with Crippen LogP contribution in [0.4, 0.5) is 4.79 Å². The molecule has 1 fully saturated rings. The van der Waals surface area contributed by atoms with E-state index >= 15 is 0 Å². The maximum Gasteiger partial charge on any atom is 0.318 e. The third-order valence-electron chi connectivity index (χ3n) is 3.23. The number of H-pyrrole nitrogens is 1. The van der Waals surface area contributed by atoms with Gasteiger partial charge < -0.3 is 20.9 Å². The third-order valence-corrected chi connectivity index (χ3v) is 3.23. The Hall–Kier alpha value is -2.08. The lowest BCUT2D eigenvalue weighted by Gasteiger charge is -2.13. The molecule has 18 heavy (non-hydrogen) atoms. The molecule has 1 aromatic heterocycles. The van der Waals surface area contributed by atoms with Crippen molar-refractivity contribution in [1.82, 2.24) is 20.2 Å². The van der Waals surface area contributed by atoms with E-state index in [1.165, 1.54) is 0 Å². The van der Waals surface area contributed by atoms with Crippen molar-refractivity contribution in [3.8, 4) is 0 Å². The smallest absolute Gasteiger partial charge is 0.318 e. The van der Waals surface area contributed by atoms with Crippen LogP contribution in [-0.4, -0.2) is 40.5 Å². The zero-order valence-electron chi connectivity index (χ0n) is 9.89. The Kier molecular flexibility index (Phi) is 2.64. The number of amides is 2. The molecule has 3 rings (SSSR count). The van der Waals surface area contributed by atoms with Crippen LogP contribution in [0.2, 0.25) is 0 Å². The van der Waals surface area contributed by atoms with E-state index in [-0.39, 0.29) is 12.1 Å². The van der Waals surface area contributed by atoms with Crippen LogP contribution in [0, 0.1) is 0 Å². The molecule has 0 aliphatic carbocycles. The number of fused-ring (bicyclic) bond motifs is 1. The molecule has 0 bridgehead atoms. The number of carbonyl (C=O) groups is 1. The van der Waals surface area contributed by atoms with Gasteiger partial charge in [-0.15, -0.1) is 0 Å². The summed E-state index contributed by atoms with van der Waals surface area (Å²) >= 11 is 0. The highest BCUT2D eigenvalue weighted by Crippen LogP contribution is 2.22. The Bertz CT molecular complexity index is 579. The maximum absolute atomic E-state index is 11.7. The summed E-state index contributed by atoms with van der Waals surface area (Å²) in [6.45, 7) is 1.74. The fourth-order valence-corrected chi connectivity index (χ4v) is 2.30. The molecular weight excluding hydrogens is 230 g/mol. The van der Waals surface area contributed by atoms with Gasteiger partial charge in [-0.1, -0.05) is 6.07 Å². The van der Waals surface area contributed by atoms with Crippen LogP contribution in [0.25, 0.3) is 11.0 Å². The Morgan fingerprint density at radius 3 is 3.22 bits per heavy atom. The SMILES string of the molecule is NCCN1CC(c2ccc3nc[nH]c3c2)NC1=O. The van der Waals surface area contributed by atoms with Gasteiger partial charge >= 0.3 is 6.03 Å². The molecule has 1 aromatic carbocycles. The van der Waals surface area contributed by atoms with E-state index in [0.29, 0.717) is 19.6 Å². The highest BCUT2D eigenvalue weighted by atomic mass is 16.2. The largest absolute Gasteiger partial charge is 0.345 e. The normalized spacial score (nSPS) is 19.5. The highest BCUT2D eigenvalue weighted by Gasteiger charge is 2.29. The first-order chi connectivity index (χ1) is 8.78. The van der Waals surface area contributed by atoms with Crippen LogP contribution < -0.4 is 11.1 Å². The van der Waals surface area contributed by atoms with Crippen molar-refractivity contribution in [3.63, 3.8) is 0 Å². The van der Waals surface area contributed by atoms with Crippen LogP contribution in [-0.2, 0) is 0 Å². The molecule has 2 aromatic rings. The molecule has 2 heterocycles. The molecule has 0 radical (unpaired) electrons. The molecule has 1 aliphatic rings. The molecule has 4 N–H and O–H groups in total. The number of nitrogens with one attached hydrogen (secondary N) is 2. The first-order valence-corrected chi connectivity index (χ1v) is 5.96. The zero-order valence-corrected chi connectivity index (χ0v) is 9.89. The molecule has 6 nitrogen and oxygen atoms in total. The Morgan fingerprint density at radius 2 is 2.39 bits per heavy atom. The number of nitrogens with two attached hydrogens (primary N) is 1. The average Bonchev–Trinajstić information content (AvgIpc) is 2.96. The van der Waals surface area contributed by atoms with Gasteiger partial charge in [-0.3, -0.25) is 0 Å². The van der Waals surface area contributed by atoms with Gasteiger partial charge in [0.15, 0.2) is 0 Å². The van der Waals surface area contributed by atoms with Crippen molar-refractivity contribution >= 4 is 17.1 Å². The third kappa shape index (κ3) is 1.80. The molecule has 1 saturated heterocycles. The molecule has 6 heteroatoms. The van der Waals surface area contributed by atoms with E-state index < -0.39 is 0 Å². The van der Waals surface area contributed by atoms with Gasteiger partial charge in [0.05, 0.1) is 23.4 Å². The zero-order chi connectivity index (χ0) is 12.5. The van der Waals surface area contributed by atoms with E-state index in [4.69, 9.17) is 5.73 Å². The van der Waals surface area contributed by atoms with Crippen molar-refractivity contribution in [2.45, 2.75) is 6.04 Å². The van der Waals surface area contributed by atoms with Crippen molar-refractivity contribution in [1.29, 1.82) is 0 Å². The lowest BCUT2D eigenvalue weighted by molar-refractivity contribution is 0.218. The Morgan fingerprint density at radius 1 is 1.50 bits per heavy atom. The maximum atomic E-state index is 11.7. The van der Waals surface area contributed by atoms with Crippen LogP contribution in [0.5, 0.6) is 0 Å². The monoisotopic (exact) mass is 245 g/mol. The van der Waals surface area contributed by atoms with Crippen LogP contribution in [0.3, 0.4) is 0 Å². The number of nitrogens with zero attached hydrogens (tertiary/aromatic N) is 2. The number of carbonyl (C=O) groups excluding carboxylic acids is 1. The molecule has 1 unspecified atom stereocenters. The molecule has 0 spiro atoms. The number of urea groups is 1. The molecule has 1 aliphatic heterocycles. The second-order valence-corrected chi connectivity index (χ2v) is 4.42. The fourth-order valence-electron chi connectivity index (χ4n) is 2.30. The quantitative estimate of drug-likeness (QED) is 0.739. The molecular formula is C12H15N5O. The van der Waals surface area contributed by atoms with Gasteiger partial charge in [0, 0.05) is 19.6 Å². The molecule has 2 amide bonds. The van der Waals surface area contributed by atoms with Crippen LogP contribution in [0.15, 0.2) is 24.5 Å². The van der Waals surface area contributed by atoms with Crippen molar-refractivity contribution in [2.24, 2.45) is 5.73 Å². The molecule has 1 atom stereocenters. The van der Waals surface area contributed by atoms with Gasteiger partial charge in [0.25, 0.3) is 0 Å². The minimum Gasteiger partial charge on any atom is -0.345 e. The van der Waals surface area contributed by atoms with Crippen molar-refractivity contribution in [2.75, 3.05) is 19.6 Å². The van der Waals surface area contributed by atoms with E-state index in [1.54, 1.807) is 11.2 Å². The topological polar surface area (TPSA) is 87.0 Å². The molecule has 0 saturated carbocycles. The van der Waals surface area contributed by atoms with E-state index in [2.05, 4.69) is 15.3 Å². The number of hydrogen-bond donors (Lipinski definition) is 3. The predicted molar refractivity (Wildman–Crippen MR) is 68.0 cm³/mol. The Balaban J connectivity index is 1.84. The summed E-state index contributed by atoms with van der Waals surface area (Å²) in [5.41, 5.74) is 8.48. The number of aromatic nitrogens is 2. The van der Waals surface area contributed by atoms with Gasteiger partial charge in [-0.05, 0) is 17.7 Å². The van der Waals surface area contributed by atoms with E-state index in [0.717, 1.165) is 16.6 Å². The Labute approximate surface area is 104 Å². The molecule has 94 valence electrons. The van der Waals surface area contributed by atoms with Gasteiger partial charge in [-0.2, -0.15) is 0 Å². The van der Waals surface area contributed by atoms with Gasteiger partial charge in [-0.25, -0.2) is 9.78 Å². The lowest BCUT2D eigenvalue weighted by Crippen LogP contribution is -2.32. The summed E-state index contributed by atoms with van der Waals surface area (Å²) in [5, 5.41) is 2.96. The van der Waals surface area contributed by atoms with Crippen molar-refractivity contribution in [3.05, 3.63) is 30.1 Å². The highest BCUT2D eigenvalue weighted by molar-refractivity contribution is 5.79. The lowest BCUT2D eigenvalue weighted by atomic mass is 10.1. The second-order valence-electron chi connectivity index (χ2n) is 4.42. The summed E-state index contributed by atoms with van der Waals surface area (Å²) in [6, 6.07) is 5.96. The van der Waals surface area contributed by atoms with Crippen LogP contribution in [0.1, 0.15) is 11.6 Å². The van der Waals surface area contributed by atoms with E-state index in [1.807, 2.05) is 18.2 Å². The van der Waals surface area contributed by atoms with Crippen LogP contribution >= 0.6 is 0 Å². The number of imidazole rings is 1. The first-order valence-electron chi connectivity index (χ1n) is 5.96. The predicted octanol–water partition coefficient (Wildman–Crippen LogP) is 0.588. The summed E-state index contributed by atoms with van der Waals surface area (Å²) in [4.78, 5) is 20.7. The number of rotatable bonds is 3. The van der Waals surface area contributed by atoms with Gasteiger partial charge in [0.1, 0.15) is 0 Å². The minimum absolute atomic E-state index is 0.0248. The fraction of sp³-hybridized carbons (Fsp3) is 0.333. The average molecular weight is 245 g/mol. The summed E-state index contributed by atoms with van der Waals surface area (Å²) in [6.07, 6.45) is 1.67. The van der Waals surface area contributed by atoms with Crippen molar-refractivity contribution < 1.29 is 4.79 Å². The number of hydrogen-bond acceptors (Lipinski definition) is 3. The number of aromatic amines is 1. The van der Waals surface area contributed by atoms with Gasteiger partial charge in [0.2, 0.25) is 0 Å².